The summed E-state index contributed by atoms with van der Waals surface area (Å²) in [4.78, 5) is 0. The molecule has 0 unspecified atom stereocenters. The van der Waals surface area contributed by atoms with Gasteiger partial charge in [-0.05, 0) is 13.1 Å². The molecule has 68 valence electrons. The second-order valence-electron chi connectivity index (χ2n) is 2.94. The van der Waals surface area contributed by atoms with Gasteiger partial charge < -0.3 is 4.43 Å². The molecule has 0 heterocycles. The maximum absolute atomic E-state index is 4.89. The summed E-state index contributed by atoms with van der Waals surface area (Å²) in [5.41, 5.74) is 0. The minimum Gasteiger partial charge on any atom is -0.424 e. The summed E-state index contributed by atoms with van der Waals surface area (Å²) in [6.07, 6.45) is 0. The van der Waals surface area contributed by atoms with Crippen molar-refractivity contribution < 1.29 is 4.43 Å². The van der Waals surface area contributed by atoms with Gasteiger partial charge in [0.05, 0.1) is 0 Å². The zero-order chi connectivity index (χ0) is 9.40. The summed E-state index contributed by atoms with van der Waals surface area (Å²) in [6, 6.07) is 10.5. The summed E-state index contributed by atoms with van der Waals surface area (Å²) in [5.74, 6) is 0. The van der Waals surface area contributed by atoms with Crippen molar-refractivity contribution in [1.82, 2.24) is 0 Å². The van der Waals surface area contributed by atoms with Gasteiger partial charge in [0.1, 0.15) is 0 Å². The number of hydrogen-bond donors (Lipinski definition) is 0. The van der Waals surface area contributed by atoms with Crippen LogP contribution in [0.25, 0.3) is 0 Å². The molecule has 0 atom stereocenters. The van der Waals surface area contributed by atoms with Gasteiger partial charge in [0, 0.05) is 17.4 Å². The molecule has 0 amide bonds. The van der Waals surface area contributed by atoms with Crippen LogP contribution in [-0.2, 0) is 4.43 Å². The van der Waals surface area contributed by atoms with Gasteiger partial charge in [0.25, 0.3) is 0 Å². The maximum atomic E-state index is 4.89. The first kappa shape index (κ1) is 11.6. The highest BCUT2D eigenvalue weighted by atomic mass is 28.3. The van der Waals surface area contributed by atoms with Gasteiger partial charge in [-0.2, -0.15) is 0 Å². The molecule has 12 heavy (non-hydrogen) atoms. The van der Waals surface area contributed by atoms with Crippen molar-refractivity contribution in [3.8, 4) is 0 Å². The third-order valence-corrected chi connectivity index (χ3v) is 3.02. The molecule has 0 bridgehead atoms. The first-order valence-electron chi connectivity index (χ1n) is 4.21. The molecule has 0 aromatic heterocycles. The number of rotatable bonds is 1. The Bertz CT molecular complexity index is 187. The van der Waals surface area contributed by atoms with Crippen LogP contribution in [0.1, 0.15) is 0 Å². The first-order valence-corrected chi connectivity index (χ1v) is 7.99. The topological polar surface area (TPSA) is 9.23 Å². The Morgan fingerprint density at radius 3 is 1.75 bits per heavy atom. The van der Waals surface area contributed by atoms with Gasteiger partial charge in [-0.1, -0.05) is 35.5 Å². The Balaban J connectivity index is 0.000000217. The zero-order valence-electron chi connectivity index (χ0n) is 8.37. The molecule has 0 aliphatic rings. The van der Waals surface area contributed by atoms with Crippen LogP contribution in [0.3, 0.4) is 0 Å². The number of hydrogen-bond acceptors (Lipinski definition) is 1. The molecule has 0 spiro atoms. The van der Waals surface area contributed by atoms with Crippen molar-refractivity contribution in [2.24, 2.45) is 0 Å². The predicted molar refractivity (Wildman–Crippen MR) is 61.9 cm³/mol. The number of benzene rings is 1. The lowest BCUT2D eigenvalue weighted by Gasteiger charge is -1.92. The average molecular weight is 198 g/mol. The molecule has 0 N–H and O–H groups in total. The normalized spacial score (nSPS) is 9.33. The predicted octanol–water partition coefficient (Wildman–Crippen LogP) is 0.293. The van der Waals surface area contributed by atoms with E-state index in [1.807, 2.05) is 6.07 Å². The lowest BCUT2D eigenvalue weighted by atomic mass is 10.4. The molecule has 1 nitrogen and oxygen atoms in total. The van der Waals surface area contributed by atoms with E-state index in [9.17, 15) is 0 Å². The minimum atomic E-state index is -0.650. The van der Waals surface area contributed by atoms with Gasteiger partial charge in [-0.15, -0.1) is 0 Å². The third-order valence-electron chi connectivity index (χ3n) is 1.41. The van der Waals surface area contributed by atoms with E-state index in [1.165, 1.54) is 15.4 Å². The molecule has 0 aliphatic heterocycles. The van der Waals surface area contributed by atoms with E-state index >= 15 is 0 Å². The average Bonchev–Trinajstić information content (AvgIpc) is 2.07. The van der Waals surface area contributed by atoms with E-state index in [0.29, 0.717) is 0 Å². The molecule has 1 aromatic rings. The van der Waals surface area contributed by atoms with Crippen LogP contribution in [0.5, 0.6) is 0 Å². The SMILES string of the molecule is CO[SiH](C)C.[SiH3]c1ccccc1. The van der Waals surface area contributed by atoms with Crippen molar-refractivity contribution in [1.29, 1.82) is 0 Å². The molecule has 1 rings (SSSR count). The molecule has 1 aromatic carbocycles. The molecule has 0 radical (unpaired) electrons. The van der Waals surface area contributed by atoms with E-state index in [4.69, 9.17) is 4.43 Å². The van der Waals surface area contributed by atoms with E-state index < -0.39 is 9.04 Å². The van der Waals surface area contributed by atoms with Crippen molar-refractivity contribution >= 4 is 24.5 Å². The van der Waals surface area contributed by atoms with Crippen LogP contribution in [0.2, 0.25) is 13.1 Å². The lowest BCUT2D eigenvalue weighted by Crippen LogP contribution is -2.00. The van der Waals surface area contributed by atoms with E-state index in [0.717, 1.165) is 0 Å². The highest BCUT2D eigenvalue weighted by Crippen LogP contribution is 1.76. The van der Waals surface area contributed by atoms with E-state index in [1.54, 1.807) is 7.11 Å². The maximum Gasteiger partial charge on any atom is 0.170 e. The second kappa shape index (κ2) is 7.27. The largest absolute Gasteiger partial charge is 0.424 e. The summed E-state index contributed by atoms with van der Waals surface area (Å²) >= 11 is 0. The minimum absolute atomic E-state index is 0.650. The zero-order valence-corrected chi connectivity index (χ0v) is 11.5. The van der Waals surface area contributed by atoms with Crippen molar-refractivity contribution in [3.05, 3.63) is 30.3 Å². The van der Waals surface area contributed by atoms with E-state index in [-0.39, 0.29) is 0 Å². The van der Waals surface area contributed by atoms with Gasteiger partial charge >= 0.3 is 0 Å². The van der Waals surface area contributed by atoms with Crippen LogP contribution in [0.4, 0.5) is 0 Å². The fraction of sp³-hybridized carbons (Fsp3) is 0.333. The summed E-state index contributed by atoms with van der Waals surface area (Å²) in [7, 11) is 2.28. The first-order chi connectivity index (χ1) is 5.66. The van der Waals surface area contributed by atoms with Crippen molar-refractivity contribution in [3.63, 3.8) is 0 Å². The second-order valence-corrected chi connectivity index (χ2v) is 6.66. The Morgan fingerprint density at radius 2 is 1.58 bits per heavy atom. The summed E-state index contributed by atoms with van der Waals surface area (Å²) in [5, 5.41) is 1.46. The van der Waals surface area contributed by atoms with Crippen molar-refractivity contribution in [2.45, 2.75) is 13.1 Å². The van der Waals surface area contributed by atoms with E-state index in [2.05, 4.69) is 37.4 Å². The molecular weight excluding hydrogens is 180 g/mol. The van der Waals surface area contributed by atoms with Crippen molar-refractivity contribution in [2.75, 3.05) is 7.11 Å². The third kappa shape index (κ3) is 7.72. The van der Waals surface area contributed by atoms with Crippen LogP contribution in [-0.4, -0.2) is 26.4 Å². The molecule has 0 fully saturated rings. The van der Waals surface area contributed by atoms with Gasteiger partial charge in [0.15, 0.2) is 9.04 Å². The molecule has 3 heteroatoms. The quantitative estimate of drug-likeness (QED) is 0.590. The smallest absolute Gasteiger partial charge is 0.170 e. The monoisotopic (exact) mass is 198 g/mol. The Kier molecular flexibility index (Phi) is 7.04. The highest BCUT2D eigenvalue weighted by Gasteiger charge is 1.83. The standard InChI is InChI=1S/C6H8Si.C3H10OSi/c7-6-4-2-1-3-5-6;1-4-5(2)3/h1-5H,7H3;5H,1-3H3. The van der Waals surface area contributed by atoms with Gasteiger partial charge in [-0.3, -0.25) is 0 Å². The fourth-order valence-corrected chi connectivity index (χ4v) is 0.919. The molecule has 0 saturated heterocycles. The lowest BCUT2D eigenvalue weighted by molar-refractivity contribution is 0.430. The van der Waals surface area contributed by atoms with Crippen LogP contribution in [0.15, 0.2) is 30.3 Å². The highest BCUT2D eigenvalue weighted by molar-refractivity contribution is 6.48. The van der Waals surface area contributed by atoms with Gasteiger partial charge in [0.2, 0.25) is 0 Å². The Morgan fingerprint density at radius 1 is 1.17 bits per heavy atom. The Hall–Kier alpha value is -0.386. The van der Waals surface area contributed by atoms with Gasteiger partial charge in [-0.25, -0.2) is 0 Å². The molecule has 0 aliphatic carbocycles. The van der Waals surface area contributed by atoms with Crippen LogP contribution >= 0.6 is 0 Å². The fourth-order valence-electron chi connectivity index (χ4n) is 0.534. The summed E-state index contributed by atoms with van der Waals surface area (Å²) in [6.45, 7) is 4.28. The molecule has 0 saturated carbocycles. The van der Waals surface area contributed by atoms with Crippen LogP contribution in [0, 0.1) is 0 Å². The Labute approximate surface area is 79.9 Å². The summed E-state index contributed by atoms with van der Waals surface area (Å²) < 4.78 is 4.89. The molecular formula is C9H18OSi2. The van der Waals surface area contributed by atoms with Crippen LogP contribution < -0.4 is 5.19 Å².